The fraction of sp³-hybridized carbons (Fsp3) is 0.0588. The minimum Gasteiger partial charge on any atom is -0.366 e. The van der Waals surface area contributed by atoms with Gasteiger partial charge in [-0.3, -0.25) is 9.78 Å². The van der Waals surface area contributed by atoms with Gasteiger partial charge in [0.25, 0.3) is 5.91 Å². The Kier molecular flexibility index (Phi) is 3.54. The van der Waals surface area contributed by atoms with Gasteiger partial charge in [-0.25, -0.2) is 4.39 Å². The summed E-state index contributed by atoms with van der Waals surface area (Å²) in [4.78, 5) is 16.3. The van der Waals surface area contributed by atoms with Crippen molar-refractivity contribution < 1.29 is 9.18 Å². The normalized spacial score (nSPS) is 10.9. The highest BCUT2D eigenvalue weighted by atomic mass is 35.5. The highest BCUT2D eigenvalue weighted by Crippen LogP contribution is 2.35. The topological polar surface area (TPSA) is 56.0 Å². The number of hydrogen-bond acceptors (Lipinski definition) is 2. The fourth-order valence-corrected chi connectivity index (χ4v) is 2.78. The number of nitrogens with zero attached hydrogens (tertiary/aromatic N) is 1. The van der Waals surface area contributed by atoms with Crippen LogP contribution in [0, 0.1) is 12.7 Å². The number of pyridine rings is 1. The van der Waals surface area contributed by atoms with Crippen molar-refractivity contribution in [3.05, 3.63) is 64.6 Å². The van der Waals surface area contributed by atoms with Crippen LogP contribution in [-0.2, 0) is 0 Å². The molecular weight excluding hydrogens is 303 g/mol. The number of primary amides is 1. The van der Waals surface area contributed by atoms with Crippen molar-refractivity contribution in [2.45, 2.75) is 6.92 Å². The molecule has 0 atom stereocenters. The highest BCUT2D eigenvalue weighted by molar-refractivity contribution is 6.31. The molecule has 0 spiro atoms. The van der Waals surface area contributed by atoms with Gasteiger partial charge in [0.2, 0.25) is 0 Å². The average molecular weight is 315 g/mol. The van der Waals surface area contributed by atoms with Crippen molar-refractivity contribution >= 4 is 28.4 Å². The first kappa shape index (κ1) is 14.5. The maximum absolute atomic E-state index is 14.3. The predicted molar refractivity (Wildman–Crippen MR) is 85.4 cm³/mol. The van der Waals surface area contributed by atoms with E-state index in [1.807, 2.05) is 0 Å². The lowest BCUT2D eigenvalue weighted by Gasteiger charge is -2.14. The molecule has 1 amide bonds. The first-order valence-electron chi connectivity index (χ1n) is 6.63. The first-order chi connectivity index (χ1) is 10.5. The van der Waals surface area contributed by atoms with Crippen LogP contribution in [0.2, 0.25) is 5.02 Å². The summed E-state index contributed by atoms with van der Waals surface area (Å²) in [6, 6.07) is 11.3. The Bertz CT molecular complexity index is 909. The third-order valence-electron chi connectivity index (χ3n) is 3.52. The number of nitrogens with two attached hydrogens (primary N) is 1. The molecule has 0 aliphatic rings. The van der Waals surface area contributed by atoms with Gasteiger partial charge in [0.15, 0.2) is 0 Å². The zero-order valence-electron chi connectivity index (χ0n) is 11.7. The number of carbonyl (C=O) groups is 1. The Hall–Kier alpha value is -2.46. The Morgan fingerprint density at radius 3 is 2.64 bits per heavy atom. The molecule has 3 rings (SSSR count). The van der Waals surface area contributed by atoms with Crippen LogP contribution in [0.3, 0.4) is 0 Å². The molecular formula is C17H12ClFN2O. The van der Waals surface area contributed by atoms with E-state index in [1.54, 1.807) is 43.3 Å². The van der Waals surface area contributed by atoms with Crippen LogP contribution in [0.1, 0.15) is 16.1 Å². The second-order valence-corrected chi connectivity index (χ2v) is 5.39. The van der Waals surface area contributed by atoms with Crippen LogP contribution in [0.25, 0.3) is 22.0 Å². The number of fused-ring (bicyclic) bond motifs is 1. The molecule has 2 N–H and O–H groups in total. The van der Waals surface area contributed by atoms with E-state index in [1.165, 1.54) is 6.07 Å². The second kappa shape index (κ2) is 5.39. The molecule has 0 saturated heterocycles. The molecule has 0 aliphatic heterocycles. The number of aryl methyl sites for hydroxylation is 1. The van der Waals surface area contributed by atoms with Gasteiger partial charge < -0.3 is 5.73 Å². The molecule has 0 saturated carbocycles. The molecule has 1 heterocycles. The van der Waals surface area contributed by atoms with E-state index < -0.39 is 11.7 Å². The summed E-state index contributed by atoms with van der Waals surface area (Å²) >= 11 is 6.05. The number of aromatic nitrogens is 1. The Balaban J connectivity index is 2.53. The van der Waals surface area contributed by atoms with E-state index in [0.717, 1.165) is 0 Å². The zero-order valence-corrected chi connectivity index (χ0v) is 12.5. The zero-order chi connectivity index (χ0) is 15.9. The van der Waals surface area contributed by atoms with Gasteiger partial charge in [-0.05, 0) is 31.2 Å². The number of benzene rings is 2. The van der Waals surface area contributed by atoms with E-state index in [4.69, 9.17) is 17.3 Å². The Morgan fingerprint density at radius 2 is 1.95 bits per heavy atom. The van der Waals surface area contributed by atoms with Crippen molar-refractivity contribution in [2.75, 3.05) is 0 Å². The third kappa shape index (κ3) is 2.31. The maximum Gasteiger partial charge on any atom is 0.251 e. The fourth-order valence-electron chi connectivity index (χ4n) is 2.60. The van der Waals surface area contributed by atoms with Crippen molar-refractivity contribution in [1.29, 1.82) is 0 Å². The Morgan fingerprint density at radius 1 is 1.23 bits per heavy atom. The van der Waals surface area contributed by atoms with Crippen LogP contribution in [0.5, 0.6) is 0 Å². The van der Waals surface area contributed by atoms with Crippen LogP contribution >= 0.6 is 11.6 Å². The summed E-state index contributed by atoms with van der Waals surface area (Å²) in [5.74, 6) is -1.08. The SMILES string of the molecule is Cc1nc2ccc(Cl)cc2c(-c2ccccc2F)c1C(N)=O. The van der Waals surface area contributed by atoms with E-state index in [2.05, 4.69) is 4.98 Å². The van der Waals surface area contributed by atoms with Crippen molar-refractivity contribution in [2.24, 2.45) is 5.73 Å². The summed E-state index contributed by atoms with van der Waals surface area (Å²) in [6.45, 7) is 1.68. The number of halogens is 2. The van der Waals surface area contributed by atoms with Gasteiger partial charge in [0.05, 0.1) is 16.8 Å². The highest BCUT2D eigenvalue weighted by Gasteiger charge is 2.20. The van der Waals surface area contributed by atoms with Gasteiger partial charge in [0, 0.05) is 21.5 Å². The van der Waals surface area contributed by atoms with E-state index >= 15 is 0 Å². The molecule has 0 aliphatic carbocycles. The van der Waals surface area contributed by atoms with Gasteiger partial charge in [-0.15, -0.1) is 0 Å². The predicted octanol–water partition coefficient (Wildman–Crippen LogP) is 4.10. The quantitative estimate of drug-likeness (QED) is 0.774. The molecule has 3 aromatic rings. The van der Waals surface area contributed by atoms with Gasteiger partial charge >= 0.3 is 0 Å². The summed E-state index contributed by atoms with van der Waals surface area (Å²) in [7, 11) is 0. The monoisotopic (exact) mass is 314 g/mol. The average Bonchev–Trinajstić information content (AvgIpc) is 2.47. The second-order valence-electron chi connectivity index (χ2n) is 4.95. The maximum atomic E-state index is 14.3. The Labute approximate surface area is 131 Å². The van der Waals surface area contributed by atoms with E-state index in [0.29, 0.717) is 32.7 Å². The minimum absolute atomic E-state index is 0.208. The van der Waals surface area contributed by atoms with Crippen LogP contribution in [-0.4, -0.2) is 10.9 Å². The lowest BCUT2D eigenvalue weighted by Crippen LogP contribution is -2.16. The standard InChI is InChI=1S/C17H12ClFN2O/c1-9-15(17(20)22)16(11-4-2-3-5-13(11)19)12-8-10(18)6-7-14(12)21-9/h2-8H,1H3,(H2,20,22). The molecule has 3 nitrogen and oxygen atoms in total. The first-order valence-corrected chi connectivity index (χ1v) is 7.01. The van der Waals surface area contributed by atoms with E-state index in [-0.39, 0.29) is 5.56 Å². The smallest absolute Gasteiger partial charge is 0.251 e. The molecule has 0 bridgehead atoms. The molecule has 1 aromatic heterocycles. The van der Waals surface area contributed by atoms with E-state index in [9.17, 15) is 9.18 Å². The third-order valence-corrected chi connectivity index (χ3v) is 3.75. The largest absolute Gasteiger partial charge is 0.366 e. The molecule has 0 unspecified atom stereocenters. The number of hydrogen-bond donors (Lipinski definition) is 1. The van der Waals surface area contributed by atoms with Crippen LogP contribution in [0.15, 0.2) is 42.5 Å². The van der Waals surface area contributed by atoms with Crippen molar-refractivity contribution in [3.8, 4) is 11.1 Å². The summed E-state index contributed by atoms with van der Waals surface area (Å²) in [5.41, 5.74) is 7.52. The van der Waals surface area contributed by atoms with Gasteiger partial charge in [-0.2, -0.15) is 0 Å². The summed E-state index contributed by atoms with van der Waals surface area (Å²) < 4.78 is 14.3. The molecule has 110 valence electrons. The van der Waals surface area contributed by atoms with Crippen molar-refractivity contribution in [3.63, 3.8) is 0 Å². The molecule has 0 fully saturated rings. The lowest BCUT2D eigenvalue weighted by atomic mass is 9.93. The number of amides is 1. The molecule has 22 heavy (non-hydrogen) atoms. The number of rotatable bonds is 2. The summed E-state index contributed by atoms with van der Waals surface area (Å²) in [6.07, 6.45) is 0. The van der Waals surface area contributed by atoms with Crippen LogP contribution < -0.4 is 5.73 Å². The van der Waals surface area contributed by atoms with Crippen LogP contribution in [0.4, 0.5) is 4.39 Å². The minimum atomic E-state index is -0.648. The molecule has 0 radical (unpaired) electrons. The summed E-state index contributed by atoms with van der Waals surface area (Å²) in [5, 5.41) is 1.07. The number of carbonyl (C=O) groups excluding carboxylic acids is 1. The molecule has 5 heteroatoms. The lowest BCUT2D eigenvalue weighted by molar-refractivity contribution is 0.1000. The van der Waals surface area contributed by atoms with Crippen molar-refractivity contribution in [1.82, 2.24) is 4.98 Å². The van der Waals surface area contributed by atoms with Gasteiger partial charge in [0.1, 0.15) is 5.82 Å². The molecule has 2 aromatic carbocycles. The van der Waals surface area contributed by atoms with Gasteiger partial charge in [-0.1, -0.05) is 29.8 Å².